The minimum atomic E-state index is -0.277. The highest BCUT2D eigenvalue weighted by Gasteiger charge is 2.41. The first-order chi connectivity index (χ1) is 12.8. The van der Waals surface area contributed by atoms with Crippen molar-refractivity contribution in [3.63, 3.8) is 0 Å². The summed E-state index contributed by atoms with van der Waals surface area (Å²) in [6.45, 7) is 8.01. The van der Waals surface area contributed by atoms with Gasteiger partial charge in [-0.3, -0.25) is 4.79 Å². The van der Waals surface area contributed by atoms with Crippen LogP contribution in [-0.2, 0) is 11.1 Å². The van der Waals surface area contributed by atoms with E-state index in [2.05, 4.69) is 49.6 Å². The fourth-order valence-corrected chi connectivity index (χ4v) is 4.62. The largest absolute Gasteiger partial charge is 0.374 e. The summed E-state index contributed by atoms with van der Waals surface area (Å²) in [7, 11) is 1.87. The molecule has 2 aliphatic rings. The SMILES string of the molecule is Cc1c(Cl)cccc1C1(Nc2ccc3c(c2)C(=O)N(C)C3(C)C)CCNC1.Cl. The number of carbonyl (C=O) groups is 1. The molecule has 4 rings (SSSR count). The summed E-state index contributed by atoms with van der Waals surface area (Å²) in [6.07, 6.45) is 0.963. The van der Waals surface area contributed by atoms with Gasteiger partial charge in [0.15, 0.2) is 0 Å². The molecule has 0 radical (unpaired) electrons. The van der Waals surface area contributed by atoms with Gasteiger partial charge in [0, 0.05) is 29.9 Å². The standard InChI is InChI=1S/C22H26ClN3O.ClH/c1-14-17(6-5-7-19(14)23)22(10-11-24-13-22)25-15-8-9-18-16(12-15)20(27)26(4)21(18,2)3;/h5-9,12,24-25H,10-11,13H2,1-4H3;1H. The number of hydrogen-bond acceptors (Lipinski definition) is 3. The highest BCUT2D eigenvalue weighted by atomic mass is 35.5. The van der Waals surface area contributed by atoms with Crippen molar-refractivity contribution in [1.82, 2.24) is 10.2 Å². The van der Waals surface area contributed by atoms with E-state index in [1.54, 1.807) is 0 Å². The van der Waals surface area contributed by atoms with E-state index in [0.29, 0.717) is 0 Å². The Labute approximate surface area is 178 Å². The Hall–Kier alpha value is -1.75. The third-order valence-corrected chi connectivity index (χ3v) is 6.78. The maximum Gasteiger partial charge on any atom is 0.254 e. The first-order valence-corrected chi connectivity index (χ1v) is 9.81. The zero-order chi connectivity index (χ0) is 19.4. The van der Waals surface area contributed by atoms with Crippen LogP contribution < -0.4 is 10.6 Å². The first-order valence-electron chi connectivity index (χ1n) is 9.43. The van der Waals surface area contributed by atoms with Crippen LogP contribution in [0.3, 0.4) is 0 Å². The molecule has 0 bridgehead atoms. The van der Waals surface area contributed by atoms with E-state index < -0.39 is 0 Å². The van der Waals surface area contributed by atoms with Crippen LogP contribution in [0.25, 0.3) is 0 Å². The second-order valence-corrected chi connectivity index (χ2v) is 8.64. The van der Waals surface area contributed by atoms with Gasteiger partial charge >= 0.3 is 0 Å². The molecule has 2 N–H and O–H groups in total. The smallest absolute Gasteiger partial charge is 0.254 e. The number of anilines is 1. The molecule has 2 heterocycles. The van der Waals surface area contributed by atoms with Crippen LogP contribution in [0, 0.1) is 6.92 Å². The molecule has 0 aromatic heterocycles. The Kier molecular flexibility index (Phi) is 5.43. The molecule has 6 heteroatoms. The summed E-state index contributed by atoms with van der Waals surface area (Å²) < 4.78 is 0. The summed E-state index contributed by atoms with van der Waals surface area (Å²) >= 11 is 6.40. The fraction of sp³-hybridized carbons (Fsp3) is 0.409. The number of nitrogens with zero attached hydrogens (tertiary/aromatic N) is 1. The fourth-order valence-electron chi connectivity index (χ4n) is 4.45. The van der Waals surface area contributed by atoms with Crippen molar-refractivity contribution in [1.29, 1.82) is 0 Å². The van der Waals surface area contributed by atoms with Gasteiger partial charge in [-0.25, -0.2) is 0 Å². The molecule has 1 amide bonds. The van der Waals surface area contributed by atoms with Crippen molar-refractivity contribution in [2.75, 3.05) is 25.5 Å². The van der Waals surface area contributed by atoms with E-state index in [0.717, 1.165) is 46.9 Å². The predicted molar refractivity (Wildman–Crippen MR) is 118 cm³/mol. The second kappa shape index (κ2) is 7.25. The number of nitrogens with one attached hydrogen (secondary N) is 2. The molecule has 28 heavy (non-hydrogen) atoms. The molecule has 0 saturated carbocycles. The summed E-state index contributed by atoms with van der Waals surface area (Å²) in [5.74, 6) is 0.0798. The normalized spacial score (nSPS) is 22.8. The van der Waals surface area contributed by atoms with Gasteiger partial charge in [-0.15, -0.1) is 12.4 Å². The average molecular weight is 420 g/mol. The Morgan fingerprint density at radius 1 is 1.18 bits per heavy atom. The third kappa shape index (κ3) is 3.08. The van der Waals surface area contributed by atoms with Crippen LogP contribution in [0.15, 0.2) is 36.4 Å². The summed E-state index contributed by atoms with van der Waals surface area (Å²) in [4.78, 5) is 14.5. The molecule has 2 aromatic rings. The number of benzene rings is 2. The Bertz CT molecular complexity index is 920. The number of fused-ring (bicyclic) bond motifs is 1. The zero-order valence-electron chi connectivity index (χ0n) is 16.7. The second-order valence-electron chi connectivity index (χ2n) is 8.23. The molecule has 1 atom stereocenters. The van der Waals surface area contributed by atoms with E-state index in [1.807, 2.05) is 30.1 Å². The van der Waals surface area contributed by atoms with Crippen LogP contribution >= 0.6 is 24.0 Å². The predicted octanol–water partition coefficient (Wildman–Crippen LogP) is 4.69. The molecule has 1 saturated heterocycles. The zero-order valence-corrected chi connectivity index (χ0v) is 18.3. The van der Waals surface area contributed by atoms with Crippen molar-refractivity contribution in [3.8, 4) is 0 Å². The number of carbonyl (C=O) groups excluding carboxylic acids is 1. The lowest BCUT2D eigenvalue weighted by molar-refractivity contribution is 0.0691. The molecule has 0 aliphatic carbocycles. The van der Waals surface area contributed by atoms with E-state index >= 15 is 0 Å². The maximum absolute atomic E-state index is 12.7. The van der Waals surface area contributed by atoms with Crippen molar-refractivity contribution in [2.45, 2.75) is 38.3 Å². The van der Waals surface area contributed by atoms with E-state index in [-0.39, 0.29) is 29.4 Å². The van der Waals surface area contributed by atoms with Gasteiger partial charge in [0.2, 0.25) is 0 Å². The molecule has 150 valence electrons. The number of amides is 1. The number of rotatable bonds is 3. The van der Waals surface area contributed by atoms with Crippen LogP contribution in [0.4, 0.5) is 5.69 Å². The van der Waals surface area contributed by atoms with Crippen LogP contribution in [0.1, 0.15) is 47.3 Å². The van der Waals surface area contributed by atoms with E-state index in [4.69, 9.17) is 11.6 Å². The van der Waals surface area contributed by atoms with Crippen LogP contribution in [0.2, 0.25) is 5.02 Å². The van der Waals surface area contributed by atoms with Gasteiger partial charge in [-0.05, 0) is 68.6 Å². The molecule has 1 unspecified atom stereocenters. The quantitative estimate of drug-likeness (QED) is 0.757. The Balaban J connectivity index is 0.00000225. The maximum atomic E-state index is 12.7. The minimum Gasteiger partial charge on any atom is -0.374 e. The van der Waals surface area contributed by atoms with Crippen LogP contribution in [0.5, 0.6) is 0 Å². The first kappa shape index (κ1) is 21.0. The van der Waals surface area contributed by atoms with E-state index in [1.165, 1.54) is 5.56 Å². The van der Waals surface area contributed by atoms with Crippen LogP contribution in [-0.4, -0.2) is 30.9 Å². The highest BCUT2D eigenvalue weighted by Crippen LogP contribution is 2.41. The van der Waals surface area contributed by atoms with Crippen molar-refractivity contribution in [3.05, 3.63) is 63.7 Å². The van der Waals surface area contributed by atoms with Gasteiger partial charge in [-0.1, -0.05) is 29.8 Å². The summed E-state index contributed by atoms with van der Waals surface area (Å²) in [6, 6.07) is 12.3. The summed E-state index contributed by atoms with van der Waals surface area (Å²) in [5, 5.41) is 8.00. The monoisotopic (exact) mass is 419 g/mol. The lowest BCUT2D eigenvalue weighted by Gasteiger charge is -2.33. The average Bonchev–Trinajstić information content (AvgIpc) is 3.17. The van der Waals surface area contributed by atoms with Gasteiger partial charge < -0.3 is 15.5 Å². The lowest BCUT2D eigenvalue weighted by Crippen LogP contribution is -2.38. The molecule has 2 aromatic carbocycles. The molecule has 2 aliphatic heterocycles. The number of hydrogen-bond donors (Lipinski definition) is 2. The highest BCUT2D eigenvalue weighted by molar-refractivity contribution is 6.31. The van der Waals surface area contributed by atoms with Crippen molar-refractivity contribution in [2.24, 2.45) is 0 Å². The van der Waals surface area contributed by atoms with E-state index in [9.17, 15) is 4.79 Å². The van der Waals surface area contributed by atoms with Gasteiger partial charge in [-0.2, -0.15) is 0 Å². The van der Waals surface area contributed by atoms with Gasteiger partial charge in [0.05, 0.1) is 11.1 Å². The third-order valence-electron chi connectivity index (χ3n) is 6.37. The van der Waals surface area contributed by atoms with Gasteiger partial charge in [0.25, 0.3) is 5.91 Å². The molecule has 0 spiro atoms. The van der Waals surface area contributed by atoms with Gasteiger partial charge in [0.1, 0.15) is 0 Å². The molecular formula is C22H27Cl2N3O. The minimum absolute atomic E-state index is 0. The Morgan fingerprint density at radius 3 is 2.61 bits per heavy atom. The summed E-state index contributed by atoms with van der Waals surface area (Å²) in [5.41, 5.74) is 4.65. The molecule has 1 fully saturated rings. The molecule has 4 nitrogen and oxygen atoms in total. The molecular weight excluding hydrogens is 393 g/mol. The Morgan fingerprint density at radius 2 is 1.93 bits per heavy atom. The lowest BCUT2D eigenvalue weighted by atomic mass is 9.85. The van der Waals surface area contributed by atoms with Crippen molar-refractivity contribution >= 4 is 35.6 Å². The van der Waals surface area contributed by atoms with Crippen molar-refractivity contribution < 1.29 is 4.79 Å². The topological polar surface area (TPSA) is 44.4 Å². The number of halogens is 2.